The number of halogens is 2. The van der Waals surface area contributed by atoms with Gasteiger partial charge in [0.15, 0.2) is 0 Å². The van der Waals surface area contributed by atoms with Gasteiger partial charge in [0.2, 0.25) is 0 Å². The quantitative estimate of drug-likeness (QED) is 0.889. The average molecular weight is 292 g/mol. The first kappa shape index (κ1) is 15.2. The van der Waals surface area contributed by atoms with Gasteiger partial charge in [-0.3, -0.25) is 0 Å². The molecular formula is C15H18F2N4. The van der Waals surface area contributed by atoms with Gasteiger partial charge in [-0.25, -0.2) is 18.7 Å². The van der Waals surface area contributed by atoms with Gasteiger partial charge >= 0.3 is 0 Å². The number of benzene rings is 1. The topological polar surface area (TPSA) is 63.8 Å². The van der Waals surface area contributed by atoms with Crippen LogP contribution in [-0.4, -0.2) is 16.5 Å². The first-order chi connectivity index (χ1) is 9.99. The Hall–Kier alpha value is -2.24. The molecule has 0 aliphatic rings. The maximum atomic E-state index is 13.1. The normalized spacial score (nSPS) is 10.7. The molecule has 2 aromatic rings. The molecule has 0 saturated carbocycles. The molecule has 0 atom stereocenters. The van der Waals surface area contributed by atoms with Gasteiger partial charge in [0.25, 0.3) is 0 Å². The van der Waals surface area contributed by atoms with E-state index in [0.29, 0.717) is 42.4 Å². The van der Waals surface area contributed by atoms with E-state index >= 15 is 0 Å². The zero-order valence-corrected chi connectivity index (χ0v) is 12.1. The van der Waals surface area contributed by atoms with E-state index in [-0.39, 0.29) is 0 Å². The SMILES string of the molecule is CCc1nc(N)c(C)c(NCCc2cc(F)cc(F)c2)n1. The largest absolute Gasteiger partial charge is 0.383 e. The van der Waals surface area contributed by atoms with Crippen molar-refractivity contribution in [3.05, 3.63) is 46.8 Å². The fourth-order valence-corrected chi connectivity index (χ4v) is 1.99. The van der Waals surface area contributed by atoms with E-state index in [1.807, 2.05) is 13.8 Å². The summed E-state index contributed by atoms with van der Waals surface area (Å²) in [6, 6.07) is 3.51. The zero-order chi connectivity index (χ0) is 15.4. The highest BCUT2D eigenvalue weighted by atomic mass is 19.1. The highest BCUT2D eigenvalue weighted by Gasteiger charge is 2.07. The van der Waals surface area contributed by atoms with Crippen LogP contribution in [0.15, 0.2) is 18.2 Å². The van der Waals surface area contributed by atoms with E-state index in [2.05, 4.69) is 15.3 Å². The molecule has 21 heavy (non-hydrogen) atoms. The Morgan fingerprint density at radius 2 is 1.81 bits per heavy atom. The van der Waals surface area contributed by atoms with Crippen LogP contribution < -0.4 is 11.1 Å². The summed E-state index contributed by atoms with van der Waals surface area (Å²) >= 11 is 0. The van der Waals surface area contributed by atoms with E-state index in [9.17, 15) is 8.78 Å². The number of nitrogens with one attached hydrogen (secondary N) is 1. The standard InChI is InChI=1S/C15H18F2N4/c1-3-13-20-14(18)9(2)15(21-13)19-5-4-10-6-11(16)8-12(17)7-10/h6-8H,3-5H2,1-2H3,(H3,18,19,20,21). The lowest BCUT2D eigenvalue weighted by molar-refractivity contribution is 0.580. The van der Waals surface area contributed by atoms with Crippen molar-refractivity contribution >= 4 is 11.6 Å². The second kappa shape index (κ2) is 6.47. The van der Waals surface area contributed by atoms with Crippen molar-refractivity contribution in [2.24, 2.45) is 0 Å². The second-order valence-corrected chi connectivity index (χ2v) is 4.81. The third kappa shape index (κ3) is 3.87. The molecule has 2 rings (SSSR count). The van der Waals surface area contributed by atoms with Crippen LogP contribution in [0.25, 0.3) is 0 Å². The molecule has 0 bridgehead atoms. The summed E-state index contributed by atoms with van der Waals surface area (Å²) in [6.45, 7) is 4.28. The van der Waals surface area contributed by atoms with Crippen molar-refractivity contribution in [1.29, 1.82) is 0 Å². The number of nitrogen functional groups attached to an aromatic ring is 1. The minimum atomic E-state index is -0.569. The lowest BCUT2D eigenvalue weighted by Gasteiger charge is -2.11. The number of rotatable bonds is 5. The van der Waals surface area contributed by atoms with Gasteiger partial charge < -0.3 is 11.1 Å². The summed E-state index contributed by atoms with van der Waals surface area (Å²) in [5.41, 5.74) is 7.20. The monoisotopic (exact) mass is 292 g/mol. The Morgan fingerprint density at radius 1 is 1.14 bits per heavy atom. The molecule has 3 N–H and O–H groups in total. The second-order valence-electron chi connectivity index (χ2n) is 4.81. The lowest BCUT2D eigenvalue weighted by atomic mass is 10.1. The highest BCUT2D eigenvalue weighted by Crippen LogP contribution is 2.17. The van der Waals surface area contributed by atoms with Crippen molar-refractivity contribution in [1.82, 2.24) is 9.97 Å². The third-order valence-electron chi connectivity index (χ3n) is 3.17. The Kier molecular flexibility index (Phi) is 4.67. The Labute approximate surface area is 122 Å². The minimum Gasteiger partial charge on any atom is -0.383 e. The molecule has 0 aliphatic heterocycles. The molecular weight excluding hydrogens is 274 g/mol. The van der Waals surface area contributed by atoms with Crippen molar-refractivity contribution in [2.75, 3.05) is 17.6 Å². The number of anilines is 2. The van der Waals surface area contributed by atoms with Crippen LogP contribution in [0.1, 0.15) is 23.9 Å². The maximum Gasteiger partial charge on any atom is 0.134 e. The predicted octanol–water partition coefficient (Wildman–Crippen LogP) is 2.86. The summed E-state index contributed by atoms with van der Waals surface area (Å²) in [7, 11) is 0. The molecule has 0 unspecified atom stereocenters. The van der Waals surface area contributed by atoms with E-state index in [4.69, 9.17) is 5.73 Å². The van der Waals surface area contributed by atoms with Gasteiger partial charge in [-0.05, 0) is 31.0 Å². The van der Waals surface area contributed by atoms with E-state index < -0.39 is 11.6 Å². The molecule has 4 nitrogen and oxygen atoms in total. The maximum absolute atomic E-state index is 13.1. The molecule has 1 heterocycles. The highest BCUT2D eigenvalue weighted by molar-refractivity contribution is 5.54. The molecule has 0 spiro atoms. The fourth-order valence-electron chi connectivity index (χ4n) is 1.99. The minimum absolute atomic E-state index is 0.446. The molecule has 0 saturated heterocycles. The van der Waals surface area contributed by atoms with Crippen LogP contribution in [0.4, 0.5) is 20.4 Å². The molecule has 1 aromatic carbocycles. The van der Waals surface area contributed by atoms with E-state index in [1.54, 1.807) is 0 Å². The number of aromatic nitrogens is 2. The Balaban J connectivity index is 2.05. The number of hydrogen-bond donors (Lipinski definition) is 2. The van der Waals surface area contributed by atoms with Crippen LogP contribution in [0, 0.1) is 18.6 Å². The zero-order valence-electron chi connectivity index (χ0n) is 12.1. The van der Waals surface area contributed by atoms with Crippen molar-refractivity contribution in [3.8, 4) is 0 Å². The molecule has 0 radical (unpaired) electrons. The van der Waals surface area contributed by atoms with Gasteiger partial charge in [0, 0.05) is 24.6 Å². The Morgan fingerprint density at radius 3 is 2.43 bits per heavy atom. The van der Waals surface area contributed by atoms with Crippen LogP contribution in [0.3, 0.4) is 0 Å². The van der Waals surface area contributed by atoms with Crippen LogP contribution in [0.5, 0.6) is 0 Å². The summed E-state index contributed by atoms with van der Waals surface area (Å²) < 4.78 is 26.2. The molecule has 0 fully saturated rings. The fraction of sp³-hybridized carbons (Fsp3) is 0.333. The summed E-state index contributed by atoms with van der Waals surface area (Å²) in [4.78, 5) is 8.54. The van der Waals surface area contributed by atoms with Crippen LogP contribution in [-0.2, 0) is 12.8 Å². The van der Waals surface area contributed by atoms with Gasteiger partial charge in [-0.15, -0.1) is 0 Å². The average Bonchev–Trinajstić information content (AvgIpc) is 2.42. The van der Waals surface area contributed by atoms with Crippen LogP contribution >= 0.6 is 0 Å². The molecule has 112 valence electrons. The molecule has 0 aliphatic carbocycles. The smallest absolute Gasteiger partial charge is 0.134 e. The van der Waals surface area contributed by atoms with Gasteiger partial charge in [-0.2, -0.15) is 0 Å². The summed E-state index contributed by atoms with van der Waals surface area (Å²) in [5.74, 6) is 0.635. The molecule has 0 amide bonds. The molecule has 6 heteroatoms. The first-order valence-corrected chi connectivity index (χ1v) is 6.81. The van der Waals surface area contributed by atoms with Crippen LogP contribution in [0.2, 0.25) is 0 Å². The van der Waals surface area contributed by atoms with Crippen molar-refractivity contribution < 1.29 is 8.78 Å². The third-order valence-corrected chi connectivity index (χ3v) is 3.17. The van der Waals surface area contributed by atoms with Crippen molar-refractivity contribution in [3.63, 3.8) is 0 Å². The summed E-state index contributed by atoms with van der Waals surface area (Å²) in [5, 5.41) is 3.14. The number of hydrogen-bond acceptors (Lipinski definition) is 4. The van der Waals surface area contributed by atoms with Gasteiger partial charge in [0.05, 0.1) is 0 Å². The van der Waals surface area contributed by atoms with Gasteiger partial charge in [-0.1, -0.05) is 6.92 Å². The number of nitrogens with zero attached hydrogens (tertiary/aromatic N) is 2. The Bertz CT molecular complexity index is 624. The first-order valence-electron chi connectivity index (χ1n) is 6.81. The van der Waals surface area contributed by atoms with E-state index in [0.717, 1.165) is 11.6 Å². The lowest BCUT2D eigenvalue weighted by Crippen LogP contribution is -2.12. The van der Waals surface area contributed by atoms with Crippen molar-refractivity contribution in [2.45, 2.75) is 26.7 Å². The summed E-state index contributed by atoms with van der Waals surface area (Å²) in [6.07, 6.45) is 1.17. The number of aryl methyl sites for hydroxylation is 1. The van der Waals surface area contributed by atoms with Gasteiger partial charge in [0.1, 0.15) is 29.1 Å². The predicted molar refractivity (Wildman–Crippen MR) is 79.1 cm³/mol. The molecule has 1 aromatic heterocycles. The van der Waals surface area contributed by atoms with E-state index in [1.165, 1.54) is 12.1 Å². The number of nitrogens with two attached hydrogens (primary N) is 1.